The van der Waals surface area contributed by atoms with Crippen LogP contribution >= 0.6 is 0 Å². The van der Waals surface area contributed by atoms with Crippen molar-refractivity contribution < 1.29 is 0 Å². The van der Waals surface area contributed by atoms with E-state index in [-0.39, 0.29) is 0 Å². The molecule has 10 heavy (non-hydrogen) atoms. The van der Waals surface area contributed by atoms with Crippen molar-refractivity contribution in [3.8, 4) is 0 Å². The fourth-order valence-corrected chi connectivity index (χ4v) is 1.58. The van der Waals surface area contributed by atoms with Crippen LogP contribution in [0.1, 0.15) is 51.9 Å². The summed E-state index contributed by atoms with van der Waals surface area (Å²) in [6.07, 6.45) is 13.0. The second-order valence-corrected chi connectivity index (χ2v) is 3.12. The Bertz CT molecular complexity index is 101. The van der Waals surface area contributed by atoms with Gasteiger partial charge in [-0.2, -0.15) is 0 Å². The van der Waals surface area contributed by atoms with Gasteiger partial charge in [-0.05, 0) is 38.7 Å². The molecule has 0 N–H and O–H groups in total. The van der Waals surface area contributed by atoms with Crippen LogP contribution in [0.15, 0.2) is 5.57 Å². The molecule has 0 saturated heterocycles. The molecule has 1 aliphatic carbocycles. The summed E-state index contributed by atoms with van der Waals surface area (Å²) in [7, 11) is 0. The maximum absolute atomic E-state index is 3.29. The van der Waals surface area contributed by atoms with Gasteiger partial charge in [0, 0.05) is 0 Å². The quantitative estimate of drug-likeness (QED) is 0.479. The number of rotatable bonds is 0. The molecule has 0 heterocycles. The molecule has 0 aromatic heterocycles. The molecule has 0 heteroatoms. The zero-order chi connectivity index (χ0) is 7.23. The zero-order valence-electron chi connectivity index (χ0n) is 6.95. The van der Waals surface area contributed by atoms with Gasteiger partial charge in [0.15, 0.2) is 0 Å². The molecule has 1 aliphatic rings. The largest absolute Gasteiger partial charge is 0.0670 e. The Morgan fingerprint density at radius 1 is 0.900 bits per heavy atom. The van der Waals surface area contributed by atoms with Gasteiger partial charge in [0.05, 0.1) is 0 Å². The van der Waals surface area contributed by atoms with Crippen molar-refractivity contribution in [1.29, 1.82) is 0 Å². The minimum atomic E-state index is 1.32. The average Bonchev–Trinajstić information content (AvgIpc) is 1.87. The van der Waals surface area contributed by atoms with Crippen LogP contribution in [0.25, 0.3) is 0 Å². The van der Waals surface area contributed by atoms with Crippen molar-refractivity contribution >= 4 is 0 Å². The Kier molecular flexibility index (Phi) is 3.56. The highest BCUT2D eigenvalue weighted by molar-refractivity contribution is 4.95. The van der Waals surface area contributed by atoms with E-state index in [2.05, 4.69) is 13.0 Å². The molecule has 0 bridgehead atoms. The van der Waals surface area contributed by atoms with Crippen molar-refractivity contribution in [2.24, 2.45) is 0 Å². The molecule has 1 rings (SSSR count). The van der Waals surface area contributed by atoms with Crippen molar-refractivity contribution in [1.82, 2.24) is 0 Å². The van der Waals surface area contributed by atoms with Crippen LogP contribution in [0.5, 0.6) is 0 Å². The standard InChI is InChI=1S/C10H17/c1-2-10-8-6-4-3-5-7-9-10/h3-9H2,1H3. The maximum Gasteiger partial charge on any atom is -0.0314 e. The zero-order valence-corrected chi connectivity index (χ0v) is 6.95. The highest BCUT2D eigenvalue weighted by Crippen LogP contribution is 2.20. The SMILES string of the molecule is C[C]=C1CCCCCCC1. The van der Waals surface area contributed by atoms with Crippen LogP contribution in [0.3, 0.4) is 0 Å². The molecule has 1 saturated carbocycles. The fraction of sp³-hybridized carbons (Fsp3) is 0.800. The molecule has 1 fully saturated rings. The minimum Gasteiger partial charge on any atom is -0.0670 e. The fourth-order valence-electron chi connectivity index (χ4n) is 1.58. The molecular formula is C10H17. The van der Waals surface area contributed by atoms with Gasteiger partial charge in [-0.25, -0.2) is 0 Å². The first-order chi connectivity index (χ1) is 4.93. The average molecular weight is 137 g/mol. The Hall–Kier alpha value is -0.260. The molecule has 0 spiro atoms. The van der Waals surface area contributed by atoms with Crippen LogP contribution in [0, 0.1) is 6.08 Å². The van der Waals surface area contributed by atoms with E-state index in [0.717, 1.165) is 0 Å². The predicted molar refractivity (Wildman–Crippen MR) is 44.7 cm³/mol. The van der Waals surface area contributed by atoms with Crippen molar-refractivity contribution in [3.63, 3.8) is 0 Å². The Balaban J connectivity index is 2.30. The third-order valence-electron chi connectivity index (χ3n) is 2.31. The summed E-state index contributed by atoms with van der Waals surface area (Å²) in [5, 5.41) is 0. The van der Waals surface area contributed by atoms with Gasteiger partial charge in [0.25, 0.3) is 0 Å². The molecule has 0 unspecified atom stereocenters. The van der Waals surface area contributed by atoms with Gasteiger partial charge in [-0.3, -0.25) is 0 Å². The van der Waals surface area contributed by atoms with Gasteiger partial charge in [0.1, 0.15) is 0 Å². The van der Waals surface area contributed by atoms with E-state index in [0.29, 0.717) is 0 Å². The summed E-state index contributed by atoms with van der Waals surface area (Å²) in [6.45, 7) is 2.05. The summed E-state index contributed by atoms with van der Waals surface area (Å²) in [5.74, 6) is 0. The first-order valence-corrected chi connectivity index (χ1v) is 4.46. The lowest BCUT2D eigenvalue weighted by Crippen LogP contribution is -1.91. The molecular weight excluding hydrogens is 120 g/mol. The lowest BCUT2D eigenvalue weighted by atomic mass is 9.96. The van der Waals surface area contributed by atoms with E-state index >= 15 is 0 Å². The summed E-state index contributed by atoms with van der Waals surface area (Å²) in [5.41, 5.74) is 1.57. The van der Waals surface area contributed by atoms with Gasteiger partial charge in [-0.1, -0.05) is 24.8 Å². The second-order valence-electron chi connectivity index (χ2n) is 3.12. The van der Waals surface area contributed by atoms with Gasteiger partial charge in [0.2, 0.25) is 0 Å². The van der Waals surface area contributed by atoms with E-state index in [9.17, 15) is 0 Å². The highest BCUT2D eigenvalue weighted by Gasteiger charge is 2.01. The Morgan fingerprint density at radius 2 is 1.40 bits per heavy atom. The van der Waals surface area contributed by atoms with Crippen molar-refractivity contribution in [2.45, 2.75) is 51.9 Å². The van der Waals surface area contributed by atoms with E-state index in [1.54, 1.807) is 5.57 Å². The second kappa shape index (κ2) is 4.54. The summed E-state index contributed by atoms with van der Waals surface area (Å²) >= 11 is 0. The maximum atomic E-state index is 3.29. The predicted octanol–water partition coefficient (Wildman–Crippen LogP) is 3.48. The van der Waals surface area contributed by atoms with Crippen LogP contribution in [0.4, 0.5) is 0 Å². The van der Waals surface area contributed by atoms with Crippen molar-refractivity contribution in [3.05, 3.63) is 11.6 Å². The topological polar surface area (TPSA) is 0 Å². The monoisotopic (exact) mass is 137 g/mol. The van der Waals surface area contributed by atoms with Crippen molar-refractivity contribution in [2.75, 3.05) is 0 Å². The van der Waals surface area contributed by atoms with Crippen LogP contribution in [-0.2, 0) is 0 Å². The summed E-state index contributed by atoms with van der Waals surface area (Å²) in [4.78, 5) is 0. The molecule has 57 valence electrons. The van der Waals surface area contributed by atoms with E-state index < -0.39 is 0 Å². The molecule has 0 amide bonds. The van der Waals surface area contributed by atoms with Gasteiger partial charge in [-0.15, -0.1) is 0 Å². The van der Waals surface area contributed by atoms with Gasteiger partial charge >= 0.3 is 0 Å². The van der Waals surface area contributed by atoms with Gasteiger partial charge < -0.3 is 0 Å². The third kappa shape index (κ3) is 2.55. The molecule has 0 aliphatic heterocycles. The normalized spacial score (nSPS) is 21.5. The third-order valence-corrected chi connectivity index (χ3v) is 2.31. The van der Waals surface area contributed by atoms with Crippen LogP contribution < -0.4 is 0 Å². The first-order valence-electron chi connectivity index (χ1n) is 4.46. The van der Waals surface area contributed by atoms with Crippen LogP contribution in [-0.4, -0.2) is 0 Å². The Labute approximate surface area is 64.3 Å². The lowest BCUT2D eigenvalue weighted by Gasteiger charge is -2.10. The molecule has 0 atom stereocenters. The van der Waals surface area contributed by atoms with E-state index in [4.69, 9.17) is 0 Å². The highest BCUT2D eigenvalue weighted by atomic mass is 14.1. The summed E-state index contributed by atoms with van der Waals surface area (Å²) in [6, 6.07) is 0. The number of hydrogen-bond donors (Lipinski definition) is 0. The number of hydrogen-bond acceptors (Lipinski definition) is 0. The van der Waals surface area contributed by atoms with Crippen LogP contribution in [0.2, 0.25) is 0 Å². The van der Waals surface area contributed by atoms with E-state index in [1.807, 2.05) is 0 Å². The smallest absolute Gasteiger partial charge is 0.0314 e. The minimum absolute atomic E-state index is 1.32. The molecule has 0 aromatic carbocycles. The lowest BCUT2D eigenvalue weighted by molar-refractivity contribution is 0.567. The van der Waals surface area contributed by atoms with E-state index in [1.165, 1.54) is 44.9 Å². The Morgan fingerprint density at radius 3 is 1.90 bits per heavy atom. The molecule has 0 aromatic rings. The number of allylic oxidation sites excluding steroid dienone is 2. The molecule has 1 radical (unpaired) electrons. The molecule has 0 nitrogen and oxygen atoms in total. The first kappa shape index (κ1) is 7.84. The summed E-state index contributed by atoms with van der Waals surface area (Å²) < 4.78 is 0.